The number of aromatic amines is 1. The van der Waals surface area contributed by atoms with Crippen molar-refractivity contribution in [1.29, 1.82) is 0 Å². The molecule has 19 heavy (non-hydrogen) atoms. The molecule has 0 saturated carbocycles. The number of hydrogen-bond donors (Lipinski definition) is 1. The third-order valence-corrected chi connectivity index (χ3v) is 3.55. The number of aryl methyl sites for hydroxylation is 1. The fraction of sp³-hybridized carbons (Fsp3) is 0.438. The van der Waals surface area contributed by atoms with Crippen molar-refractivity contribution in [2.75, 3.05) is 6.61 Å². The van der Waals surface area contributed by atoms with Gasteiger partial charge >= 0.3 is 5.97 Å². The maximum absolute atomic E-state index is 12.2. The van der Waals surface area contributed by atoms with Crippen molar-refractivity contribution >= 4 is 16.9 Å². The zero-order chi connectivity index (χ0) is 14.0. The minimum Gasteiger partial charge on any atom is -0.465 e. The number of nitrogens with one attached hydrogen (secondary N) is 1. The predicted octanol–water partition coefficient (Wildman–Crippen LogP) is 3.57. The van der Waals surface area contributed by atoms with Crippen molar-refractivity contribution in [2.24, 2.45) is 0 Å². The Kier molecular flexibility index (Phi) is 3.65. The fourth-order valence-corrected chi connectivity index (χ4v) is 2.59. The largest absolute Gasteiger partial charge is 0.465 e. The number of fused-ring (bicyclic) bond motifs is 1. The summed E-state index contributed by atoms with van der Waals surface area (Å²) in [4.78, 5) is 15.6. The maximum Gasteiger partial charge on any atom is 0.316 e. The molecule has 0 fully saturated rings. The zero-order valence-corrected chi connectivity index (χ0v) is 12.0. The molecule has 1 aromatic carbocycles. The second-order valence-corrected chi connectivity index (χ2v) is 5.22. The van der Waals surface area contributed by atoms with Crippen LogP contribution < -0.4 is 0 Å². The van der Waals surface area contributed by atoms with Crippen LogP contribution in [0.15, 0.2) is 24.3 Å². The van der Waals surface area contributed by atoms with Gasteiger partial charge in [-0.3, -0.25) is 4.79 Å². The molecule has 102 valence electrons. The van der Waals surface area contributed by atoms with Gasteiger partial charge in [-0.05, 0) is 38.8 Å². The lowest BCUT2D eigenvalue weighted by molar-refractivity contribution is -0.148. The molecule has 0 amide bonds. The second-order valence-electron chi connectivity index (χ2n) is 5.22. The molecule has 2 aromatic rings. The molecule has 0 radical (unpaired) electrons. The summed E-state index contributed by atoms with van der Waals surface area (Å²) in [5.74, 6) is -0.172. The van der Waals surface area contributed by atoms with Gasteiger partial charge in [0, 0.05) is 16.6 Å². The van der Waals surface area contributed by atoms with Crippen LogP contribution in [0.1, 0.15) is 39.0 Å². The van der Waals surface area contributed by atoms with E-state index < -0.39 is 5.41 Å². The van der Waals surface area contributed by atoms with Crippen LogP contribution in [0.5, 0.6) is 0 Å². The Hall–Kier alpha value is -1.77. The summed E-state index contributed by atoms with van der Waals surface area (Å²) in [5, 5.41) is 1.11. The summed E-state index contributed by atoms with van der Waals surface area (Å²) in [5.41, 5.74) is 2.61. The minimum absolute atomic E-state index is 0.172. The number of H-pyrrole nitrogens is 1. The van der Waals surface area contributed by atoms with Gasteiger partial charge in [0.05, 0.1) is 12.0 Å². The molecule has 1 heterocycles. The van der Waals surface area contributed by atoms with Crippen LogP contribution in [0, 0.1) is 0 Å². The van der Waals surface area contributed by atoms with Crippen LogP contribution in [0.25, 0.3) is 10.9 Å². The van der Waals surface area contributed by atoms with E-state index in [2.05, 4.69) is 18.0 Å². The molecule has 0 saturated heterocycles. The van der Waals surface area contributed by atoms with Gasteiger partial charge in [0.1, 0.15) is 0 Å². The first-order valence-electron chi connectivity index (χ1n) is 6.79. The van der Waals surface area contributed by atoms with Crippen LogP contribution in [-0.2, 0) is 21.4 Å². The Bertz CT molecular complexity index is 596. The summed E-state index contributed by atoms with van der Waals surface area (Å²) >= 11 is 0. The van der Waals surface area contributed by atoms with E-state index in [0.717, 1.165) is 28.6 Å². The lowest BCUT2D eigenvalue weighted by Crippen LogP contribution is -2.32. The predicted molar refractivity (Wildman–Crippen MR) is 77.3 cm³/mol. The molecule has 0 aliphatic carbocycles. The summed E-state index contributed by atoms with van der Waals surface area (Å²) in [6.07, 6.45) is 0.868. The standard InChI is InChI=1S/C16H21NO2/c1-5-12-14(16(3,4)15(18)19-6-2)11-9-7-8-10-13(11)17-12/h7-10,17H,5-6H2,1-4H3. The van der Waals surface area contributed by atoms with Crippen LogP contribution in [-0.4, -0.2) is 17.6 Å². The highest BCUT2D eigenvalue weighted by atomic mass is 16.5. The highest BCUT2D eigenvalue weighted by Gasteiger charge is 2.35. The first-order valence-corrected chi connectivity index (χ1v) is 6.79. The lowest BCUT2D eigenvalue weighted by atomic mass is 9.82. The minimum atomic E-state index is -0.638. The summed E-state index contributed by atoms with van der Waals surface area (Å²) in [6.45, 7) is 8.20. The second kappa shape index (κ2) is 5.08. The quantitative estimate of drug-likeness (QED) is 0.853. The molecule has 0 spiro atoms. The first kappa shape index (κ1) is 13.7. The molecule has 0 bridgehead atoms. The van der Waals surface area contributed by atoms with E-state index in [1.54, 1.807) is 0 Å². The SMILES string of the molecule is CCOC(=O)C(C)(C)c1c(CC)[nH]c2ccccc12. The highest BCUT2D eigenvalue weighted by molar-refractivity contribution is 5.93. The van der Waals surface area contributed by atoms with Crippen LogP contribution in [0.2, 0.25) is 0 Å². The van der Waals surface area contributed by atoms with Crippen molar-refractivity contribution in [2.45, 2.75) is 39.5 Å². The smallest absolute Gasteiger partial charge is 0.316 e. The summed E-state index contributed by atoms with van der Waals surface area (Å²) in [6, 6.07) is 8.10. The number of carbonyl (C=O) groups excluding carboxylic acids is 1. The van der Waals surface area contributed by atoms with E-state index in [0.29, 0.717) is 6.61 Å². The van der Waals surface area contributed by atoms with Crippen molar-refractivity contribution in [3.63, 3.8) is 0 Å². The van der Waals surface area contributed by atoms with Gasteiger partial charge in [0.15, 0.2) is 0 Å². The van der Waals surface area contributed by atoms with Crippen LogP contribution in [0.3, 0.4) is 0 Å². The number of rotatable bonds is 4. The summed E-state index contributed by atoms with van der Waals surface area (Å²) in [7, 11) is 0. The molecule has 0 aliphatic rings. The van der Waals surface area contributed by atoms with E-state index in [1.165, 1.54) is 0 Å². The van der Waals surface area contributed by atoms with E-state index >= 15 is 0 Å². The van der Waals surface area contributed by atoms with Crippen molar-refractivity contribution in [3.05, 3.63) is 35.5 Å². The molecule has 0 atom stereocenters. The van der Waals surface area contributed by atoms with Gasteiger partial charge in [-0.1, -0.05) is 25.1 Å². The molecule has 1 N–H and O–H groups in total. The highest BCUT2D eigenvalue weighted by Crippen LogP contribution is 2.35. The van der Waals surface area contributed by atoms with E-state index in [-0.39, 0.29) is 5.97 Å². The monoisotopic (exact) mass is 259 g/mol. The van der Waals surface area contributed by atoms with Crippen LogP contribution >= 0.6 is 0 Å². The Morgan fingerprint density at radius 1 is 1.26 bits per heavy atom. The van der Waals surface area contributed by atoms with Crippen molar-refractivity contribution in [3.8, 4) is 0 Å². The van der Waals surface area contributed by atoms with Gasteiger partial charge in [0.2, 0.25) is 0 Å². The Morgan fingerprint density at radius 2 is 1.95 bits per heavy atom. The topological polar surface area (TPSA) is 42.1 Å². The van der Waals surface area contributed by atoms with Crippen molar-refractivity contribution < 1.29 is 9.53 Å². The fourth-order valence-electron chi connectivity index (χ4n) is 2.59. The number of ether oxygens (including phenoxy) is 1. The lowest BCUT2D eigenvalue weighted by Gasteiger charge is -2.23. The Balaban J connectivity index is 2.62. The molecule has 0 unspecified atom stereocenters. The molecule has 0 aliphatic heterocycles. The van der Waals surface area contributed by atoms with Gasteiger partial charge in [-0.15, -0.1) is 0 Å². The third-order valence-electron chi connectivity index (χ3n) is 3.55. The number of aromatic nitrogens is 1. The van der Waals surface area contributed by atoms with E-state index in [4.69, 9.17) is 4.74 Å². The van der Waals surface area contributed by atoms with Gasteiger partial charge in [-0.2, -0.15) is 0 Å². The van der Waals surface area contributed by atoms with Gasteiger partial charge in [-0.25, -0.2) is 0 Å². The van der Waals surface area contributed by atoms with Gasteiger partial charge < -0.3 is 9.72 Å². The molecule has 1 aromatic heterocycles. The molecule has 3 nitrogen and oxygen atoms in total. The van der Waals surface area contributed by atoms with E-state index in [1.807, 2.05) is 39.0 Å². The van der Waals surface area contributed by atoms with E-state index in [9.17, 15) is 4.79 Å². The third kappa shape index (κ3) is 2.25. The molecule has 3 heteroatoms. The first-order chi connectivity index (χ1) is 9.02. The van der Waals surface area contributed by atoms with Gasteiger partial charge in [0.25, 0.3) is 0 Å². The summed E-state index contributed by atoms with van der Waals surface area (Å²) < 4.78 is 5.23. The van der Waals surface area contributed by atoms with Crippen LogP contribution in [0.4, 0.5) is 0 Å². The molecular formula is C16H21NO2. The normalized spacial score (nSPS) is 11.8. The average molecular weight is 259 g/mol. The molecular weight excluding hydrogens is 238 g/mol. The maximum atomic E-state index is 12.2. The number of esters is 1. The zero-order valence-electron chi connectivity index (χ0n) is 12.0. The Morgan fingerprint density at radius 3 is 2.58 bits per heavy atom. The van der Waals surface area contributed by atoms with Crippen molar-refractivity contribution in [1.82, 2.24) is 4.98 Å². The number of carbonyl (C=O) groups is 1. The molecule has 2 rings (SSSR count). The number of benzene rings is 1. The number of hydrogen-bond acceptors (Lipinski definition) is 2. The average Bonchev–Trinajstić information content (AvgIpc) is 2.77. The Labute approximate surface area is 114 Å². The number of para-hydroxylation sites is 1.